The summed E-state index contributed by atoms with van der Waals surface area (Å²) in [5, 5.41) is 12.3. The number of hydrogen-bond acceptors (Lipinski definition) is 2. The molecule has 0 aliphatic heterocycles. The van der Waals surface area contributed by atoms with Gasteiger partial charge in [-0.2, -0.15) is 0 Å². The summed E-state index contributed by atoms with van der Waals surface area (Å²) in [6.07, 6.45) is 5.30. The fourth-order valence-electron chi connectivity index (χ4n) is 3.21. The molecule has 0 aromatic heterocycles. The molecule has 0 saturated carbocycles. The number of carbonyl (C=O) groups excluding carboxylic acids is 1. The highest BCUT2D eigenvalue weighted by Crippen LogP contribution is 2.28. The SMILES string of the molecule is O=C(O)C1CC=CCC1C(=O)Nc1ccccc1Cc1ccccc1. The Balaban J connectivity index is 1.77. The molecular weight excluding hydrogens is 314 g/mol. The standard InChI is InChI=1S/C21H21NO3/c23-20(17-11-5-6-12-18(17)21(24)25)22-19-13-7-4-10-16(19)14-15-8-2-1-3-9-15/h1-10,13,17-18H,11-12,14H2,(H,22,23)(H,24,25). The summed E-state index contributed by atoms with van der Waals surface area (Å²) in [7, 11) is 0. The van der Waals surface area contributed by atoms with Crippen LogP contribution >= 0.6 is 0 Å². The van der Waals surface area contributed by atoms with Gasteiger partial charge in [-0.05, 0) is 36.5 Å². The summed E-state index contributed by atoms with van der Waals surface area (Å²) >= 11 is 0. The molecule has 2 unspecified atom stereocenters. The normalized spacial score (nSPS) is 19.4. The van der Waals surface area contributed by atoms with Gasteiger partial charge in [0.05, 0.1) is 11.8 Å². The van der Waals surface area contributed by atoms with Crippen molar-refractivity contribution in [1.29, 1.82) is 0 Å². The molecule has 1 aliphatic carbocycles. The second-order valence-corrected chi connectivity index (χ2v) is 6.30. The second kappa shape index (κ2) is 7.79. The highest BCUT2D eigenvalue weighted by atomic mass is 16.4. The minimum atomic E-state index is -0.915. The monoisotopic (exact) mass is 335 g/mol. The lowest BCUT2D eigenvalue weighted by atomic mass is 9.82. The van der Waals surface area contributed by atoms with Crippen LogP contribution in [-0.4, -0.2) is 17.0 Å². The third-order valence-electron chi connectivity index (χ3n) is 4.60. The van der Waals surface area contributed by atoms with E-state index >= 15 is 0 Å². The van der Waals surface area contributed by atoms with Gasteiger partial charge < -0.3 is 10.4 Å². The molecule has 3 rings (SSSR count). The van der Waals surface area contributed by atoms with Gasteiger partial charge in [-0.25, -0.2) is 0 Å². The van der Waals surface area contributed by atoms with E-state index in [0.717, 1.165) is 16.8 Å². The van der Waals surface area contributed by atoms with Crippen molar-refractivity contribution in [1.82, 2.24) is 0 Å². The van der Waals surface area contributed by atoms with E-state index in [0.29, 0.717) is 19.3 Å². The molecule has 0 bridgehead atoms. The van der Waals surface area contributed by atoms with E-state index in [9.17, 15) is 14.7 Å². The van der Waals surface area contributed by atoms with Gasteiger partial charge >= 0.3 is 5.97 Å². The maximum atomic E-state index is 12.7. The lowest BCUT2D eigenvalue weighted by molar-refractivity contribution is -0.146. The average Bonchev–Trinajstić information content (AvgIpc) is 2.64. The Kier molecular flexibility index (Phi) is 5.29. The summed E-state index contributed by atoms with van der Waals surface area (Å²) < 4.78 is 0. The maximum Gasteiger partial charge on any atom is 0.307 e. The molecule has 0 heterocycles. The first-order valence-electron chi connectivity index (χ1n) is 8.45. The van der Waals surface area contributed by atoms with Gasteiger partial charge in [0.15, 0.2) is 0 Å². The molecule has 128 valence electrons. The van der Waals surface area contributed by atoms with Crippen molar-refractivity contribution < 1.29 is 14.7 Å². The van der Waals surface area contributed by atoms with Crippen molar-refractivity contribution in [2.24, 2.45) is 11.8 Å². The number of aliphatic carboxylic acids is 1. The van der Waals surface area contributed by atoms with Crippen LogP contribution in [0.1, 0.15) is 24.0 Å². The molecule has 2 atom stereocenters. The van der Waals surface area contributed by atoms with Gasteiger partial charge in [0.25, 0.3) is 0 Å². The van der Waals surface area contributed by atoms with Crippen LogP contribution in [0.2, 0.25) is 0 Å². The minimum absolute atomic E-state index is 0.225. The van der Waals surface area contributed by atoms with Crippen molar-refractivity contribution in [3.8, 4) is 0 Å². The third-order valence-corrected chi connectivity index (χ3v) is 4.60. The van der Waals surface area contributed by atoms with E-state index in [1.807, 2.05) is 66.7 Å². The predicted molar refractivity (Wildman–Crippen MR) is 97.3 cm³/mol. The number of rotatable bonds is 5. The molecule has 25 heavy (non-hydrogen) atoms. The quantitative estimate of drug-likeness (QED) is 0.815. The molecular formula is C21H21NO3. The van der Waals surface area contributed by atoms with Crippen molar-refractivity contribution in [3.05, 3.63) is 77.9 Å². The lowest BCUT2D eigenvalue weighted by Crippen LogP contribution is -2.34. The fraction of sp³-hybridized carbons (Fsp3) is 0.238. The summed E-state index contributed by atoms with van der Waals surface area (Å²) in [6, 6.07) is 17.7. The van der Waals surface area contributed by atoms with Crippen LogP contribution in [0.4, 0.5) is 5.69 Å². The molecule has 0 fully saturated rings. The summed E-state index contributed by atoms with van der Waals surface area (Å²) in [5.41, 5.74) is 2.92. The number of allylic oxidation sites excluding steroid dienone is 2. The number of nitrogens with one attached hydrogen (secondary N) is 1. The highest BCUT2D eigenvalue weighted by molar-refractivity contribution is 5.96. The second-order valence-electron chi connectivity index (χ2n) is 6.30. The molecule has 2 N–H and O–H groups in total. The van der Waals surface area contributed by atoms with Crippen molar-refractivity contribution in [2.75, 3.05) is 5.32 Å². The number of para-hydroxylation sites is 1. The molecule has 0 saturated heterocycles. The van der Waals surface area contributed by atoms with E-state index in [-0.39, 0.29) is 5.91 Å². The van der Waals surface area contributed by atoms with Crippen LogP contribution in [0.5, 0.6) is 0 Å². The Labute approximate surface area is 147 Å². The molecule has 1 aliphatic rings. The predicted octanol–water partition coefficient (Wildman–Crippen LogP) is 3.88. The topological polar surface area (TPSA) is 66.4 Å². The van der Waals surface area contributed by atoms with Crippen LogP contribution < -0.4 is 5.32 Å². The number of amides is 1. The van der Waals surface area contributed by atoms with Gasteiger partial charge in [0, 0.05) is 5.69 Å². The zero-order chi connectivity index (χ0) is 17.6. The zero-order valence-electron chi connectivity index (χ0n) is 13.9. The third kappa shape index (κ3) is 4.15. The summed E-state index contributed by atoms with van der Waals surface area (Å²) in [5.74, 6) is -2.34. The Bertz CT molecular complexity index is 783. The number of benzene rings is 2. The first kappa shape index (κ1) is 17.0. The Morgan fingerprint density at radius 3 is 2.28 bits per heavy atom. The molecule has 2 aromatic rings. The molecule has 2 aromatic carbocycles. The largest absolute Gasteiger partial charge is 0.481 e. The van der Waals surface area contributed by atoms with Gasteiger partial charge in [0.1, 0.15) is 0 Å². The van der Waals surface area contributed by atoms with Crippen molar-refractivity contribution >= 4 is 17.6 Å². The number of anilines is 1. The first-order valence-corrected chi connectivity index (χ1v) is 8.45. The van der Waals surface area contributed by atoms with Crippen LogP contribution in [0.15, 0.2) is 66.7 Å². The number of hydrogen-bond donors (Lipinski definition) is 2. The number of carboxylic acid groups (broad SMARTS) is 1. The fourth-order valence-corrected chi connectivity index (χ4v) is 3.21. The smallest absolute Gasteiger partial charge is 0.307 e. The summed E-state index contributed by atoms with van der Waals surface area (Å²) in [4.78, 5) is 24.1. The molecule has 4 heteroatoms. The highest BCUT2D eigenvalue weighted by Gasteiger charge is 2.34. The zero-order valence-corrected chi connectivity index (χ0v) is 13.9. The molecule has 0 radical (unpaired) electrons. The first-order chi connectivity index (χ1) is 12.1. The van der Waals surface area contributed by atoms with Gasteiger partial charge in [-0.1, -0.05) is 60.7 Å². The van der Waals surface area contributed by atoms with Crippen molar-refractivity contribution in [3.63, 3.8) is 0 Å². The Morgan fingerprint density at radius 2 is 1.56 bits per heavy atom. The molecule has 4 nitrogen and oxygen atoms in total. The minimum Gasteiger partial charge on any atom is -0.481 e. The van der Waals surface area contributed by atoms with E-state index in [1.54, 1.807) is 0 Å². The van der Waals surface area contributed by atoms with E-state index < -0.39 is 17.8 Å². The van der Waals surface area contributed by atoms with Crippen LogP contribution in [0.25, 0.3) is 0 Å². The van der Waals surface area contributed by atoms with Crippen LogP contribution in [-0.2, 0) is 16.0 Å². The Morgan fingerprint density at radius 1 is 0.920 bits per heavy atom. The van der Waals surface area contributed by atoms with Gasteiger partial charge in [-0.15, -0.1) is 0 Å². The molecule has 0 spiro atoms. The van der Waals surface area contributed by atoms with E-state index in [4.69, 9.17) is 0 Å². The van der Waals surface area contributed by atoms with Gasteiger partial charge in [-0.3, -0.25) is 9.59 Å². The lowest BCUT2D eigenvalue weighted by Gasteiger charge is -2.24. The summed E-state index contributed by atoms with van der Waals surface area (Å²) in [6.45, 7) is 0. The van der Waals surface area contributed by atoms with Crippen LogP contribution in [0, 0.1) is 11.8 Å². The van der Waals surface area contributed by atoms with E-state index in [1.165, 1.54) is 0 Å². The van der Waals surface area contributed by atoms with E-state index in [2.05, 4.69) is 5.32 Å². The maximum absolute atomic E-state index is 12.7. The van der Waals surface area contributed by atoms with Crippen LogP contribution in [0.3, 0.4) is 0 Å². The Hall–Kier alpha value is -2.88. The number of carbonyl (C=O) groups is 2. The van der Waals surface area contributed by atoms with Gasteiger partial charge in [0.2, 0.25) is 5.91 Å². The van der Waals surface area contributed by atoms with Crippen molar-refractivity contribution in [2.45, 2.75) is 19.3 Å². The molecule has 1 amide bonds. The number of carboxylic acids is 1. The average molecular weight is 335 g/mol.